The standard InChI is InChI=1S/C12H16N2O3/c1-9(15)13-8-12(2,3)10-4-6-11(7-5-10)14(16)17/h4-7H,8H2,1-3H3,(H,13,15). The zero-order valence-corrected chi connectivity index (χ0v) is 10.2. The summed E-state index contributed by atoms with van der Waals surface area (Å²) in [6, 6.07) is 6.40. The molecule has 0 unspecified atom stereocenters. The first-order chi connectivity index (χ1) is 7.83. The van der Waals surface area contributed by atoms with Crippen molar-refractivity contribution in [3.8, 4) is 0 Å². The van der Waals surface area contributed by atoms with Gasteiger partial charge in [-0.25, -0.2) is 0 Å². The van der Waals surface area contributed by atoms with Crippen molar-refractivity contribution in [1.29, 1.82) is 0 Å². The average Bonchev–Trinajstić information content (AvgIpc) is 2.27. The van der Waals surface area contributed by atoms with Crippen molar-refractivity contribution in [1.82, 2.24) is 5.32 Å². The van der Waals surface area contributed by atoms with Gasteiger partial charge in [-0.05, 0) is 5.56 Å². The molecule has 1 rings (SSSR count). The maximum atomic E-state index is 10.9. The number of nitrogens with zero attached hydrogens (tertiary/aromatic N) is 1. The van der Waals surface area contributed by atoms with E-state index in [-0.39, 0.29) is 17.0 Å². The second-order valence-electron chi connectivity index (χ2n) is 4.60. The lowest BCUT2D eigenvalue weighted by molar-refractivity contribution is -0.384. The molecule has 0 bridgehead atoms. The van der Waals surface area contributed by atoms with Crippen LogP contribution in [0.5, 0.6) is 0 Å². The fourth-order valence-electron chi connectivity index (χ4n) is 1.48. The predicted octanol–water partition coefficient (Wildman–Crippen LogP) is 2.01. The van der Waals surface area contributed by atoms with Crippen LogP contribution in [-0.4, -0.2) is 17.4 Å². The number of nitro groups is 1. The smallest absolute Gasteiger partial charge is 0.269 e. The van der Waals surface area contributed by atoms with Crippen molar-refractivity contribution < 1.29 is 9.72 Å². The molecule has 1 aromatic carbocycles. The number of benzene rings is 1. The first-order valence-corrected chi connectivity index (χ1v) is 5.32. The van der Waals surface area contributed by atoms with Gasteiger partial charge in [-0.3, -0.25) is 14.9 Å². The van der Waals surface area contributed by atoms with Gasteiger partial charge in [0.2, 0.25) is 5.91 Å². The molecule has 1 aromatic rings. The van der Waals surface area contributed by atoms with Crippen LogP contribution < -0.4 is 5.32 Å². The quantitative estimate of drug-likeness (QED) is 0.642. The summed E-state index contributed by atoms with van der Waals surface area (Å²) in [6.45, 7) is 5.92. The van der Waals surface area contributed by atoms with Gasteiger partial charge in [-0.1, -0.05) is 26.0 Å². The number of non-ortho nitro benzene ring substituents is 1. The Morgan fingerprint density at radius 3 is 2.29 bits per heavy atom. The molecule has 0 aliphatic carbocycles. The zero-order chi connectivity index (χ0) is 13.1. The summed E-state index contributed by atoms with van der Waals surface area (Å²) in [5.41, 5.74) is 0.779. The van der Waals surface area contributed by atoms with E-state index in [4.69, 9.17) is 0 Å². The van der Waals surface area contributed by atoms with Gasteiger partial charge in [-0.2, -0.15) is 0 Å². The van der Waals surface area contributed by atoms with Gasteiger partial charge >= 0.3 is 0 Å². The first kappa shape index (κ1) is 13.2. The van der Waals surface area contributed by atoms with E-state index in [1.54, 1.807) is 12.1 Å². The van der Waals surface area contributed by atoms with Crippen LogP contribution in [0.15, 0.2) is 24.3 Å². The molecule has 0 spiro atoms. The minimum atomic E-state index is -0.426. The van der Waals surface area contributed by atoms with E-state index in [1.807, 2.05) is 13.8 Å². The van der Waals surface area contributed by atoms with Crippen molar-refractivity contribution in [3.63, 3.8) is 0 Å². The SMILES string of the molecule is CC(=O)NCC(C)(C)c1ccc([N+](=O)[O-])cc1. The Balaban J connectivity index is 2.84. The van der Waals surface area contributed by atoms with Gasteiger partial charge in [-0.15, -0.1) is 0 Å². The van der Waals surface area contributed by atoms with Crippen LogP contribution in [0, 0.1) is 10.1 Å². The molecule has 5 heteroatoms. The maximum absolute atomic E-state index is 10.9. The summed E-state index contributed by atoms with van der Waals surface area (Å²) in [6.07, 6.45) is 0. The van der Waals surface area contributed by atoms with Crippen molar-refractivity contribution in [3.05, 3.63) is 39.9 Å². The Morgan fingerprint density at radius 1 is 1.35 bits per heavy atom. The number of carbonyl (C=O) groups is 1. The number of rotatable bonds is 4. The first-order valence-electron chi connectivity index (χ1n) is 5.32. The molecule has 0 saturated heterocycles. The highest BCUT2D eigenvalue weighted by Gasteiger charge is 2.21. The molecule has 17 heavy (non-hydrogen) atoms. The Kier molecular flexibility index (Phi) is 3.83. The third-order valence-corrected chi connectivity index (χ3v) is 2.64. The van der Waals surface area contributed by atoms with E-state index in [0.29, 0.717) is 6.54 Å². The molecule has 0 aliphatic rings. The molecule has 1 amide bonds. The van der Waals surface area contributed by atoms with Crippen LogP contribution in [0.3, 0.4) is 0 Å². The Hall–Kier alpha value is -1.91. The van der Waals surface area contributed by atoms with Crippen LogP contribution in [0.4, 0.5) is 5.69 Å². The third kappa shape index (κ3) is 3.55. The van der Waals surface area contributed by atoms with Crippen LogP contribution in [0.25, 0.3) is 0 Å². The number of nitrogens with one attached hydrogen (secondary N) is 1. The molecular formula is C12H16N2O3. The van der Waals surface area contributed by atoms with E-state index in [9.17, 15) is 14.9 Å². The van der Waals surface area contributed by atoms with Crippen molar-refractivity contribution in [2.45, 2.75) is 26.2 Å². The molecule has 0 atom stereocenters. The van der Waals surface area contributed by atoms with E-state index in [0.717, 1.165) is 5.56 Å². The highest BCUT2D eigenvalue weighted by molar-refractivity contribution is 5.72. The normalized spacial score (nSPS) is 11.0. The van der Waals surface area contributed by atoms with E-state index in [1.165, 1.54) is 19.1 Å². The van der Waals surface area contributed by atoms with E-state index < -0.39 is 4.92 Å². The van der Waals surface area contributed by atoms with Gasteiger partial charge in [0.15, 0.2) is 0 Å². The Morgan fingerprint density at radius 2 is 1.88 bits per heavy atom. The zero-order valence-electron chi connectivity index (χ0n) is 10.2. The topological polar surface area (TPSA) is 72.2 Å². The Labute approximate surface area is 100.0 Å². The number of amides is 1. The van der Waals surface area contributed by atoms with Crippen LogP contribution in [0.2, 0.25) is 0 Å². The molecular weight excluding hydrogens is 220 g/mol. The molecule has 5 nitrogen and oxygen atoms in total. The molecule has 0 aliphatic heterocycles. The number of hydrogen-bond donors (Lipinski definition) is 1. The van der Waals surface area contributed by atoms with E-state index >= 15 is 0 Å². The summed E-state index contributed by atoms with van der Waals surface area (Å²) in [7, 11) is 0. The van der Waals surface area contributed by atoms with Crippen molar-refractivity contribution in [2.24, 2.45) is 0 Å². The number of carbonyl (C=O) groups excluding carboxylic acids is 1. The number of nitro benzene ring substituents is 1. The van der Waals surface area contributed by atoms with Gasteiger partial charge in [0, 0.05) is 31.0 Å². The van der Waals surface area contributed by atoms with Gasteiger partial charge in [0.05, 0.1) is 4.92 Å². The molecule has 1 N–H and O–H groups in total. The van der Waals surface area contributed by atoms with E-state index in [2.05, 4.69) is 5.32 Å². The summed E-state index contributed by atoms with van der Waals surface area (Å²) >= 11 is 0. The molecule has 0 radical (unpaired) electrons. The largest absolute Gasteiger partial charge is 0.355 e. The highest BCUT2D eigenvalue weighted by atomic mass is 16.6. The second-order valence-corrected chi connectivity index (χ2v) is 4.60. The molecule has 0 aromatic heterocycles. The molecule has 0 heterocycles. The maximum Gasteiger partial charge on any atom is 0.269 e. The van der Waals surface area contributed by atoms with Gasteiger partial charge in [0.1, 0.15) is 0 Å². The minimum Gasteiger partial charge on any atom is -0.355 e. The van der Waals surface area contributed by atoms with Gasteiger partial charge in [0.25, 0.3) is 5.69 Å². The summed E-state index contributed by atoms with van der Waals surface area (Å²) in [5, 5.41) is 13.3. The van der Waals surface area contributed by atoms with Crippen LogP contribution >= 0.6 is 0 Å². The molecule has 0 saturated carbocycles. The van der Waals surface area contributed by atoms with Crippen LogP contribution in [-0.2, 0) is 10.2 Å². The minimum absolute atomic E-state index is 0.0732. The van der Waals surface area contributed by atoms with Crippen LogP contribution in [0.1, 0.15) is 26.3 Å². The van der Waals surface area contributed by atoms with Crippen molar-refractivity contribution in [2.75, 3.05) is 6.54 Å². The number of hydrogen-bond acceptors (Lipinski definition) is 3. The molecule has 0 fully saturated rings. The predicted molar refractivity (Wildman–Crippen MR) is 64.8 cm³/mol. The highest BCUT2D eigenvalue weighted by Crippen LogP contribution is 2.24. The lowest BCUT2D eigenvalue weighted by Crippen LogP contribution is -2.35. The average molecular weight is 236 g/mol. The lowest BCUT2D eigenvalue weighted by atomic mass is 9.84. The van der Waals surface area contributed by atoms with Gasteiger partial charge < -0.3 is 5.32 Å². The fourth-order valence-corrected chi connectivity index (χ4v) is 1.48. The monoisotopic (exact) mass is 236 g/mol. The second kappa shape index (κ2) is 4.95. The summed E-state index contributed by atoms with van der Waals surface area (Å²) in [4.78, 5) is 21.0. The Bertz CT molecular complexity index is 424. The summed E-state index contributed by atoms with van der Waals surface area (Å²) < 4.78 is 0. The van der Waals surface area contributed by atoms with Crippen molar-refractivity contribution >= 4 is 11.6 Å². The molecule has 92 valence electrons. The lowest BCUT2D eigenvalue weighted by Gasteiger charge is -2.25. The fraction of sp³-hybridized carbons (Fsp3) is 0.417. The summed E-state index contributed by atoms with van der Waals surface area (Å²) in [5.74, 6) is -0.0833. The third-order valence-electron chi connectivity index (χ3n) is 2.64.